The van der Waals surface area contributed by atoms with Crippen LogP contribution in [-0.2, 0) is 6.42 Å². The average molecular weight is 427 g/mol. The zero-order valence-electron chi connectivity index (χ0n) is 16.7. The summed E-state index contributed by atoms with van der Waals surface area (Å²) in [5.74, 6) is 1.12. The predicted octanol–water partition coefficient (Wildman–Crippen LogP) is 2.04. The molecule has 0 spiro atoms. The van der Waals surface area contributed by atoms with Gasteiger partial charge in [0.2, 0.25) is 0 Å². The van der Waals surface area contributed by atoms with Gasteiger partial charge in [-0.2, -0.15) is 5.21 Å². The van der Waals surface area contributed by atoms with Gasteiger partial charge in [-0.05, 0) is 37.5 Å². The Labute approximate surface area is 175 Å². The van der Waals surface area contributed by atoms with E-state index in [2.05, 4.69) is 40.9 Å². The number of aromatic amines is 3. The lowest BCUT2D eigenvalue weighted by Crippen LogP contribution is -2.23. The highest BCUT2D eigenvalue weighted by Gasteiger charge is 2.19. The van der Waals surface area contributed by atoms with Crippen LogP contribution >= 0.6 is 11.3 Å². The SMILES string of the molecule is Cc1nc2[nH]cc(C(C)c3ccc(C(=O)NCCCCc4nn[nH]n4)s3)c2c(=O)[nH]1. The molecule has 1 unspecified atom stereocenters. The molecule has 4 aromatic rings. The molecule has 1 amide bonds. The van der Waals surface area contributed by atoms with Crippen LogP contribution in [0.3, 0.4) is 0 Å². The number of fused-ring (bicyclic) bond motifs is 1. The number of tetrazole rings is 1. The molecule has 30 heavy (non-hydrogen) atoms. The number of H-pyrrole nitrogens is 3. The van der Waals surface area contributed by atoms with Crippen molar-refractivity contribution in [1.29, 1.82) is 0 Å². The van der Waals surface area contributed by atoms with Gasteiger partial charge in [-0.1, -0.05) is 12.1 Å². The molecule has 0 aromatic carbocycles. The highest BCUT2D eigenvalue weighted by atomic mass is 32.1. The van der Waals surface area contributed by atoms with Crippen molar-refractivity contribution >= 4 is 28.3 Å². The molecule has 0 aliphatic rings. The first-order valence-electron chi connectivity index (χ1n) is 9.71. The van der Waals surface area contributed by atoms with Gasteiger partial charge in [-0.25, -0.2) is 4.98 Å². The third-order valence-corrected chi connectivity index (χ3v) is 6.20. The maximum atomic E-state index is 12.5. The van der Waals surface area contributed by atoms with Crippen LogP contribution in [-0.4, -0.2) is 48.0 Å². The minimum atomic E-state index is -0.157. The summed E-state index contributed by atoms with van der Waals surface area (Å²) in [4.78, 5) is 36.7. The zero-order valence-corrected chi connectivity index (χ0v) is 17.5. The van der Waals surface area contributed by atoms with Crippen molar-refractivity contribution in [2.45, 2.75) is 39.0 Å². The van der Waals surface area contributed by atoms with Gasteiger partial charge >= 0.3 is 0 Å². The van der Waals surface area contributed by atoms with E-state index in [1.807, 2.05) is 25.3 Å². The van der Waals surface area contributed by atoms with Crippen LogP contribution in [0.1, 0.15) is 57.4 Å². The number of unbranched alkanes of at least 4 members (excludes halogenated alkanes) is 1. The number of thiophene rings is 1. The van der Waals surface area contributed by atoms with E-state index in [9.17, 15) is 9.59 Å². The number of aromatic nitrogens is 7. The number of amides is 1. The van der Waals surface area contributed by atoms with Crippen LogP contribution in [0.15, 0.2) is 23.1 Å². The molecule has 0 radical (unpaired) electrons. The minimum Gasteiger partial charge on any atom is -0.351 e. The lowest BCUT2D eigenvalue weighted by Gasteiger charge is -2.08. The van der Waals surface area contributed by atoms with Crippen molar-refractivity contribution in [3.63, 3.8) is 0 Å². The number of aryl methyl sites for hydroxylation is 2. The summed E-state index contributed by atoms with van der Waals surface area (Å²) in [5.41, 5.74) is 1.29. The fourth-order valence-electron chi connectivity index (χ4n) is 3.36. The molecule has 4 heterocycles. The molecule has 10 nitrogen and oxygen atoms in total. The molecule has 11 heteroatoms. The Kier molecular flexibility index (Phi) is 5.70. The second-order valence-corrected chi connectivity index (χ2v) is 8.20. The Balaban J connectivity index is 1.37. The van der Waals surface area contributed by atoms with E-state index >= 15 is 0 Å². The first-order chi connectivity index (χ1) is 14.5. The Hall–Kier alpha value is -3.34. The maximum Gasteiger partial charge on any atom is 0.261 e. The first-order valence-corrected chi connectivity index (χ1v) is 10.5. The molecule has 0 aliphatic heterocycles. The van der Waals surface area contributed by atoms with E-state index < -0.39 is 0 Å². The summed E-state index contributed by atoms with van der Waals surface area (Å²) in [5, 5.41) is 17.3. The fourth-order valence-corrected chi connectivity index (χ4v) is 4.36. The number of nitrogens with zero attached hydrogens (tertiary/aromatic N) is 4. The van der Waals surface area contributed by atoms with Crippen molar-refractivity contribution in [2.75, 3.05) is 6.54 Å². The summed E-state index contributed by atoms with van der Waals surface area (Å²) in [7, 11) is 0. The van der Waals surface area contributed by atoms with Gasteiger partial charge in [-0.15, -0.1) is 21.5 Å². The van der Waals surface area contributed by atoms with E-state index in [0.29, 0.717) is 34.1 Å². The van der Waals surface area contributed by atoms with Gasteiger partial charge in [0, 0.05) is 30.0 Å². The van der Waals surface area contributed by atoms with Crippen LogP contribution < -0.4 is 10.9 Å². The highest BCUT2D eigenvalue weighted by molar-refractivity contribution is 7.14. The van der Waals surface area contributed by atoms with E-state index in [1.54, 1.807) is 6.92 Å². The lowest BCUT2D eigenvalue weighted by atomic mass is 10.0. The standard InChI is InChI=1S/C19H22N8O2S/c1-10(12-9-21-17-16(12)19(29)23-11(2)22-17)13-6-7-14(30-13)18(28)20-8-4-3-5-15-24-26-27-25-15/h6-7,9-10H,3-5,8H2,1-2H3,(H,20,28)(H2,21,22,23,29)(H,24,25,26,27). The number of carbonyl (C=O) groups is 1. The zero-order chi connectivity index (χ0) is 21.1. The van der Waals surface area contributed by atoms with Crippen LogP contribution in [0.5, 0.6) is 0 Å². The largest absolute Gasteiger partial charge is 0.351 e. The number of nitrogens with one attached hydrogen (secondary N) is 4. The van der Waals surface area contributed by atoms with E-state index in [-0.39, 0.29) is 17.4 Å². The Morgan fingerprint density at radius 1 is 1.30 bits per heavy atom. The summed E-state index contributed by atoms with van der Waals surface area (Å²) < 4.78 is 0. The fraction of sp³-hybridized carbons (Fsp3) is 0.368. The first kappa shape index (κ1) is 20.0. The number of hydrogen-bond acceptors (Lipinski definition) is 7. The van der Waals surface area contributed by atoms with Gasteiger partial charge < -0.3 is 15.3 Å². The highest BCUT2D eigenvalue weighted by Crippen LogP contribution is 2.32. The maximum absolute atomic E-state index is 12.5. The Bertz CT molecular complexity index is 1210. The molecule has 156 valence electrons. The molecule has 4 rings (SSSR count). The van der Waals surface area contributed by atoms with E-state index in [4.69, 9.17) is 0 Å². The summed E-state index contributed by atoms with van der Waals surface area (Å²) >= 11 is 1.44. The molecule has 0 saturated heterocycles. The molecule has 0 aliphatic carbocycles. The molecule has 0 bridgehead atoms. The third kappa shape index (κ3) is 4.15. The van der Waals surface area contributed by atoms with E-state index in [0.717, 1.165) is 29.7 Å². The van der Waals surface area contributed by atoms with Crippen LogP contribution in [0.4, 0.5) is 0 Å². The lowest BCUT2D eigenvalue weighted by molar-refractivity contribution is 0.0957. The second kappa shape index (κ2) is 8.57. The van der Waals surface area contributed by atoms with Crippen molar-refractivity contribution in [3.05, 3.63) is 55.6 Å². The number of carbonyl (C=O) groups excluding carboxylic acids is 1. The number of hydrogen-bond donors (Lipinski definition) is 4. The van der Waals surface area contributed by atoms with Gasteiger partial charge in [0.1, 0.15) is 11.5 Å². The van der Waals surface area contributed by atoms with Crippen molar-refractivity contribution in [2.24, 2.45) is 0 Å². The monoisotopic (exact) mass is 426 g/mol. The van der Waals surface area contributed by atoms with Crippen molar-refractivity contribution in [3.8, 4) is 0 Å². The number of rotatable bonds is 8. The Morgan fingerprint density at radius 2 is 2.17 bits per heavy atom. The van der Waals surface area contributed by atoms with Crippen LogP contribution in [0, 0.1) is 6.92 Å². The molecule has 1 atom stereocenters. The molecule has 4 aromatic heterocycles. The van der Waals surface area contributed by atoms with Crippen molar-refractivity contribution in [1.82, 2.24) is 40.9 Å². The topological polar surface area (TPSA) is 145 Å². The molecular weight excluding hydrogens is 404 g/mol. The molecule has 4 N–H and O–H groups in total. The summed E-state index contributed by atoms with van der Waals surface area (Å²) in [6, 6.07) is 3.77. The second-order valence-electron chi connectivity index (χ2n) is 7.08. The third-order valence-electron chi connectivity index (χ3n) is 4.94. The summed E-state index contributed by atoms with van der Waals surface area (Å²) in [6.45, 7) is 4.36. The van der Waals surface area contributed by atoms with Crippen LogP contribution in [0.2, 0.25) is 0 Å². The predicted molar refractivity (Wildman–Crippen MR) is 113 cm³/mol. The minimum absolute atomic E-state index is 0.0362. The van der Waals surface area contributed by atoms with Crippen molar-refractivity contribution < 1.29 is 4.79 Å². The van der Waals surface area contributed by atoms with Gasteiger partial charge in [0.15, 0.2) is 5.82 Å². The Morgan fingerprint density at radius 3 is 2.97 bits per heavy atom. The molecule has 0 saturated carbocycles. The van der Waals surface area contributed by atoms with Gasteiger partial charge in [0.05, 0.1) is 10.3 Å². The van der Waals surface area contributed by atoms with E-state index in [1.165, 1.54) is 11.3 Å². The smallest absolute Gasteiger partial charge is 0.261 e. The van der Waals surface area contributed by atoms with Crippen LogP contribution in [0.25, 0.3) is 11.0 Å². The van der Waals surface area contributed by atoms with Gasteiger partial charge in [0.25, 0.3) is 11.5 Å². The average Bonchev–Trinajstić information content (AvgIpc) is 3.47. The molecule has 0 fully saturated rings. The molecular formula is C19H22N8O2S. The quantitative estimate of drug-likeness (QED) is 0.317. The normalized spacial score (nSPS) is 12.3. The van der Waals surface area contributed by atoms with Gasteiger partial charge in [-0.3, -0.25) is 9.59 Å². The summed E-state index contributed by atoms with van der Waals surface area (Å²) in [6.07, 6.45) is 4.25.